The van der Waals surface area contributed by atoms with Gasteiger partial charge in [0, 0.05) is 17.3 Å². The van der Waals surface area contributed by atoms with Gasteiger partial charge in [0.1, 0.15) is 5.92 Å². The van der Waals surface area contributed by atoms with Crippen molar-refractivity contribution >= 4 is 17.7 Å². The quantitative estimate of drug-likeness (QED) is 0.857. The number of benzene rings is 1. The van der Waals surface area contributed by atoms with Crippen molar-refractivity contribution in [3.05, 3.63) is 59.9 Å². The van der Waals surface area contributed by atoms with Crippen LogP contribution in [0.4, 0.5) is 0 Å². The number of carboxylic acids is 1. The van der Waals surface area contributed by atoms with Crippen LogP contribution >= 0.6 is 11.8 Å². The number of rotatable bonds is 4. The molecule has 0 aliphatic rings. The molecular formula is C14H13NO2S. The molecule has 0 aliphatic carbocycles. The van der Waals surface area contributed by atoms with E-state index in [4.69, 9.17) is 0 Å². The van der Waals surface area contributed by atoms with E-state index in [1.54, 1.807) is 36.3 Å². The second kappa shape index (κ2) is 5.69. The smallest absolute Gasteiger partial charge is 0.315 e. The molecule has 4 heteroatoms. The van der Waals surface area contributed by atoms with Gasteiger partial charge in [0.05, 0.1) is 0 Å². The van der Waals surface area contributed by atoms with E-state index in [2.05, 4.69) is 4.98 Å². The summed E-state index contributed by atoms with van der Waals surface area (Å²) in [6.07, 6.45) is 5.23. The highest BCUT2D eigenvalue weighted by atomic mass is 32.2. The summed E-state index contributed by atoms with van der Waals surface area (Å²) in [6, 6.07) is 11.1. The number of thioether (sulfide) groups is 1. The van der Waals surface area contributed by atoms with Gasteiger partial charge in [-0.3, -0.25) is 9.78 Å². The van der Waals surface area contributed by atoms with Gasteiger partial charge >= 0.3 is 5.97 Å². The molecule has 0 aliphatic heterocycles. The van der Waals surface area contributed by atoms with Gasteiger partial charge in [-0.2, -0.15) is 0 Å². The summed E-state index contributed by atoms with van der Waals surface area (Å²) in [4.78, 5) is 16.5. The van der Waals surface area contributed by atoms with Crippen molar-refractivity contribution < 1.29 is 9.90 Å². The molecule has 2 rings (SSSR count). The first-order valence-corrected chi connectivity index (χ1v) is 6.71. The van der Waals surface area contributed by atoms with Crippen LogP contribution in [0, 0.1) is 0 Å². The summed E-state index contributed by atoms with van der Waals surface area (Å²) in [6.45, 7) is 0. The van der Waals surface area contributed by atoms with Crippen LogP contribution in [0.5, 0.6) is 0 Å². The van der Waals surface area contributed by atoms with Crippen molar-refractivity contribution in [3.8, 4) is 0 Å². The van der Waals surface area contributed by atoms with Gasteiger partial charge in [-0.1, -0.05) is 18.2 Å². The van der Waals surface area contributed by atoms with E-state index in [1.165, 1.54) is 0 Å². The Hall–Kier alpha value is -1.81. The van der Waals surface area contributed by atoms with E-state index in [0.717, 1.165) is 10.5 Å². The second-order valence-electron chi connectivity index (χ2n) is 3.83. The molecule has 92 valence electrons. The average molecular weight is 259 g/mol. The molecule has 0 radical (unpaired) electrons. The number of nitrogens with zero attached hydrogens (tertiary/aromatic N) is 1. The van der Waals surface area contributed by atoms with Crippen molar-refractivity contribution in [3.63, 3.8) is 0 Å². The lowest BCUT2D eigenvalue weighted by molar-refractivity contribution is -0.137. The van der Waals surface area contributed by atoms with E-state index < -0.39 is 11.9 Å². The maximum Gasteiger partial charge on any atom is 0.315 e. The minimum atomic E-state index is -0.861. The highest BCUT2D eigenvalue weighted by Crippen LogP contribution is 2.26. The molecule has 1 aromatic carbocycles. The summed E-state index contributed by atoms with van der Waals surface area (Å²) in [5.41, 5.74) is 1.47. The van der Waals surface area contributed by atoms with Gasteiger partial charge in [0.2, 0.25) is 0 Å². The van der Waals surface area contributed by atoms with Crippen LogP contribution < -0.4 is 0 Å². The van der Waals surface area contributed by atoms with Crippen LogP contribution in [-0.2, 0) is 4.79 Å². The van der Waals surface area contributed by atoms with Crippen LogP contribution in [0.25, 0.3) is 0 Å². The molecule has 1 atom stereocenters. The highest BCUT2D eigenvalue weighted by Gasteiger charge is 2.21. The summed E-state index contributed by atoms with van der Waals surface area (Å²) in [5.74, 6) is -1.52. The van der Waals surface area contributed by atoms with Gasteiger partial charge in [-0.15, -0.1) is 11.8 Å². The Labute approximate surface area is 110 Å². The van der Waals surface area contributed by atoms with Crippen molar-refractivity contribution in [2.24, 2.45) is 0 Å². The van der Waals surface area contributed by atoms with E-state index in [0.29, 0.717) is 5.56 Å². The van der Waals surface area contributed by atoms with Gasteiger partial charge in [-0.25, -0.2) is 0 Å². The monoisotopic (exact) mass is 259 g/mol. The standard InChI is InChI=1S/C14H13NO2S/c1-18-12-6-4-10(5-7-12)13(14(16)17)11-3-2-8-15-9-11/h2-9,13H,1H3,(H,16,17). The molecule has 1 heterocycles. The lowest BCUT2D eigenvalue weighted by Crippen LogP contribution is -2.13. The van der Waals surface area contributed by atoms with Gasteiger partial charge in [0.15, 0.2) is 0 Å². The molecule has 1 unspecified atom stereocenters. The van der Waals surface area contributed by atoms with Crippen LogP contribution in [0.15, 0.2) is 53.7 Å². The SMILES string of the molecule is CSc1ccc(C(C(=O)O)c2cccnc2)cc1. The molecule has 0 bridgehead atoms. The third kappa shape index (κ3) is 2.71. The number of hydrogen-bond donors (Lipinski definition) is 1. The predicted molar refractivity (Wildman–Crippen MR) is 71.9 cm³/mol. The third-order valence-corrected chi connectivity index (χ3v) is 3.46. The fraction of sp³-hybridized carbons (Fsp3) is 0.143. The van der Waals surface area contributed by atoms with E-state index in [9.17, 15) is 9.90 Å². The molecule has 1 N–H and O–H groups in total. The Morgan fingerprint density at radius 1 is 1.22 bits per heavy atom. The molecule has 3 nitrogen and oxygen atoms in total. The average Bonchev–Trinajstić information content (AvgIpc) is 2.40. The Kier molecular flexibility index (Phi) is 3.99. The van der Waals surface area contributed by atoms with Crippen molar-refractivity contribution in [2.75, 3.05) is 6.26 Å². The zero-order valence-electron chi connectivity index (χ0n) is 9.91. The maximum absolute atomic E-state index is 11.4. The first-order valence-electron chi connectivity index (χ1n) is 5.49. The predicted octanol–water partition coefficient (Wildman–Crippen LogP) is 3.02. The molecular weight excluding hydrogens is 246 g/mol. The van der Waals surface area contributed by atoms with E-state index in [-0.39, 0.29) is 0 Å². The van der Waals surface area contributed by atoms with Crippen molar-refractivity contribution in [1.82, 2.24) is 4.98 Å². The van der Waals surface area contributed by atoms with Crippen LogP contribution in [0.3, 0.4) is 0 Å². The number of pyridine rings is 1. The summed E-state index contributed by atoms with van der Waals surface area (Å²) in [7, 11) is 0. The number of carbonyl (C=O) groups is 1. The lowest BCUT2D eigenvalue weighted by Gasteiger charge is -2.13. The van der Waals surface area contributed by atoms with E-state index in [1.807, 2.05) is 30.5 Å². The van der Waals surface area contributed by atoms with Crippen LogP contribution in [-0.4, -0.2) is 22.3 Å². The fourth-order valence-electron chi connectivity index (χ4n) is 1.82. The molecule has 18 heavy (non-hydrogen) atoms. The third-order valence-electron chi connectivity index (χ3n) is 2.71. The number of aromatic nitrogens is 1. The highest BCUT2D eigenvalue weighted by molar-refractivity contribution is 7.98. The van der Waals surface area contributed by atoms with Crippen LogP contribution in [0.2, 0.25) is 0 Å². The Bertz CT molecular complexity index is 525. The minimum absolute atomic E-state index is 0.658. The molecule has 0 saturated carbocycles. The Morgan fingerprint density at radius 3 is 2.44 bits per heavy atom. The fourth-order valence-corrected chi connectivity index (χ4v) is 2.23. The first-order chi connectivity index (χ1) is 8.72. The summed E-state index contributed by atoms with van der Waals surface area (Å²) >= 11 is 1.63. The zero-order valence-corrected chi connectivity index (χ0v) is 10.7. The lowest BCUT2D eigenvalue weighted by atomic mass is 9.93. The summed E-state index contributed by atoms with van der Waals surface area (Å²) < 4.78 is 0. The van der Waals surface area contributed by atoms with Crippen molar-refractivity contribution in [2.45, 2.75) is 10.8 Å². The summed E-state index contributed by atoms with van der Waals surface area (Å²) in [5, 5.41) is 9.37. The van der Waals surface area contributed by atoms with Crippen molar-refractivity contribution in [1.29, 1.82) is 0 Å². The van der Waals surface area contributed by atoms with Gasteiger partial charge < -0.3 is 5.11 Å². The zero-order chi connectivity index (χ0) is 13.0. The maximum atomic E-state index is 11.4. The topological polar surface area (TPSA) is 50.2 Å². The molecule has 2 aromatic rings. The van der Waals surface area contributed by atoms with Crippen LogP contribution in [0.1, 0.15) is 17.0 Å². The normalized spacial score (nSPS) is 12.1. The number of hydrogen-bond acceptors (Lipinski definition) is 3. The second-order valence-corrected chi connectivity index (χ2v) is 4.71. The largest absolute Gasteiger partial charge is 0.481 e. The van der Waals surface area contributed by atoms with Gasteiger partial charge in [0.25, 0.3) is 0 Å². The Morgan fingerprint density at radius 2 is 1.94 bits per heavy atom. The number of carboxylic acid groups (broad SMARTS) is 1. The Balaban J connectivity index is 2.39. The molecule has 1 aromatic heterocycles. The molecule has 0 spiro atoms. The minimum Gasteiger partial charge on any atom is -0.481 e. The molecule has 0 amide bonds. The van der Waals surface area contributed by atoms with E-state index >= 15 is 0 Å². The first kappa shape index (κ1) is 12.6. The molecule has 0 fully saturated rings. The van der Waals surface area contributed by atoms with Gasteiger partial charge in [-0.05, 0) is 35.6 Å². The number of aliphatic carboxylic acids is 1. The molecule has 0 saturated heterocycles.